The predicted molar refractivity (Wildman–Crippen MR) is 65.6 cm³/mol. The number of amides is 1. The van der Waals surface area contributed by atoms with Crippen LogP contribution in [-0.2, 0) is 9.53 Å². The molecule has 16 heavy (non-hydrogen) atoms. The van der Waals surface area contributed by atoms with Crippen LogP contribution in [0.3, 0.4) is 0 Å². The third kappa shape index (κ3) is 3.95. The van der Waals surface area contributed by atoms with Crippen molar-refractivity contribution in [2.24, 2.45) is 11.3 Å². The average Bonchev–Trinajstić information content (AvgIpc) is 2.61. The first-order valence-corrected chi connectivity index (χ1v) is 6.45. The first-order chi connectivity index (χ1) is 7.46. The maximum Gasteiger partial charge on any atom is 0.249 e. The number of carbonyl (C=O) groups is 1. The Hall–Kier alpha value is -0.280. The van der Waals surface area contributed by atoms with Crippen molar-refractivity contribution in [2.45, 2.75) is 39.7 Å². The summed E-state index contributed by atoms with van der Waals surface area (Å²) >= 11 is 5.71. The second kappa shape index (κ2) is 5.87. The van der Waals surface area contributed by atoms with E-state index in [0.29, 0.717) is 24.9 Å². The minimum absolute atomic E-state index is 0.0210. The summed E-state index contributed by atoms with van der Waals surface area (Å²) in [6.45, 7) is 7.62. The molecule has 1 N–H and O–H groups in total. The van der Waals surface area contributed by atoms with Crippen molar-refractivity contribution in [1.29, 1.82) is 0 Å². The molecule has 0 aromatic rings. The molecule has 0 saturated carbocycles. The van der Waals surface area contributed by atoms with Crippen LogP contribution in [0.25, 0.3) is 0 Å². The van der Waals surface area contributed by atoms with Gasteiger partial charge in [0.05, 0.1) is 0 Å². The van der Waals surface area contributed by atoms with Crippen molar-refractivity contribution in [2.75, 3.05) is 19.0 Å². The number of nitrogens with one attached hydrogen (secondary N) is 1. The van der Waals surface area contributed by atoms with Gasteiger partial charge in [0.1, 0.15) is 6.10 Å². The van der Waals surface area contributed by atoms with Crippen LogP contribution >= 0.6 is 11.6 Å². The summed E-state index contributed by atoms with van der Waals surface area (Å²) in [5.74, 6) is 0.975. The van der Waals surface area contributed by atoms with E-state index in [1.165, 1.54) is 0 Å². The van der Waals surface area contributed by atoms with Gasteiger partial charge in [-0.25, -0.2) is 0 Å². The quantitative estimate of drug-likeness (QED) is 0.757. The van der Waals surface area contributed by atoms with Gasteiger partial charge in [0.15, 0.2) is 0 Å². The summed E-state index contributed by atoms with van der Waals surface area (Å²) in [5, 5.41) is 2.96. The molecular weight excluding hydrogens is 226 g/mol. The Balaban J connectivity index is 2.34. The highest BCUT2D eigenvalue weighted by atomic mass is 35.5. The molecule has 0 aromatic carbocycles. The molecule has 0 spiro atoms. The van der Waals surface area contributed by atoms with Crippen LogP contribution in [0.15, 0.2) is 0 Å². The van der Waals surface area contributed by atoms with Gasteiger partial charge in [-0.2, -0.15) is 0 Å². The fourth-order valence-corrected chi connectivity index (χ4v) is 2.31. The Morgan fingerprint density at radius 3 is 2.75 bits per heavy atom. The predicted octanol–water partition coefficient (Wildman–Crippen LogP) is 2.18. The van der Waals surface area contributed by atoms with E-state index in [1.807, 2.05) is 0 Å². The van der Waals surface area contributed by atoms with Crippen molar-refractivity contribution >= 4 is 17.5 Å². The first kappa shape index (κ1) is 13.8. The zero-order valence-corrected chi connectivity index (χ0v) is 11.1. The summed E-state index contributed by atoms with van der Waals surface area (Å²) < 4.78 is 5.41. The molecule has 4 heteroatoms. The lowest BCUT2D eigenvalue weighted by Crippen LogP contribution is -2.41. The van der Waals surface area contributed by atoms with Crippen molar-refractivity contribution in [3.8, 4) is 0 Å². The molecule has 3 nitrogen and oxygen atoms in total. The summed E-state index contributed by atoms with van der Waals surface area (Å²) in [4.78, 5) is 11.8. The van der Waals surface area contributed by atoms with Crippen LogP contribution in [0.5, 0.6) is 0 Å². The zero-order chi connectivity index (χ0) is 12.2. The van der Waals surface area contributed by atoms with Gasteiger partial charge < -0.3 is 10.1 Å². The summed E-state index contributed by atoms with van der Waals surface area (Å²) in [6.07, 6.45) is 1.62. The number of alkyl halides is 1. The molecule has 1 amide bonds. The number of halogens is 1. The summed E-state index contributed by atoms with van der Waals surface area (Å²) in [7, 11) is 0. The molecule has 0 radical (unpaired) electrons. The monoisotopic (exact) mass is 247 g/mol. The highest BCUT2D eigenvalue weighted by Gasteiger charge is 2.31. The Morgan fingerprint density at radius 1 is 1.56 bits per heavy atom. The van der Waals surface area contributed by atoms with Gasteiger partial charge in [0.25, 0.3) is 0 Å². The fraction of sp³-hybridized carbons (Fsp3) is 0.917. The molecule has 0 bridgehead atoms. The van der Waals surface area contributed by atoms with Gasteiger partial charge in [-0.3, -0.25) is 4.79 Å². The maximum atomic E-state index is 11.8. The van der Waals surface area contributed by atoms with Crippen molar-refractivity contribution < 1.29 is 9.53 Å². The molecule has 1 fully saturated rings. The molecule has 0 aromatic heterocycles. The Kier molecular flexibility index (Phi) is 5.06. The SMILES string of the molecule is CC1CCOC1C(=O)NCC(C)(C)CCCl. The Morgan fingerprint density at radius 2 is 2.25 bits per heavy atom. The van der Waals surface area contributed by atoms with E-state index in [2.05, 4.69) is 26.1 Å². The molecule has 94 valence electrons. The molecule has 2 atom stereocenters. The minimum atomic E-state index is -0.258. The molecular formula is C12H22ClNO2. The Bertz CT molecular complexity index is 243. The zero-order valence-electron chi connectivity index (χ0n) is 10.4. The molecule has 1 heterocycles. The molecule has 1 aliphatic rings. The summed E-state index contributed by atoms with van der Waals surface area (Å²) in [5.41, 5.74) is 0.0548. The lowest BCUT2D eigenvalue weighted by Gasteiger charge is -2.25. The number of hydrogen-bond donors (Lipinski definition) is 1. The molecule has 0 aliphatic carbocycles. The lowest BCUT2D eigenvalue weighted by molar-refractivity contribution is -0.131. The van der Waals surface area contributed by atoms with Crippen LogP contribution in [0.1, 0.15) is 33.6 Å². The van der Waals surface area contributed by atoms with Crippen LogP contribution < -0.4 is 5.32 Å². The fourth-order valence-electron chi connectivity index (χ4n) is 1.80. The molecule has 1 saturated heterocycles. The van der Waals surface area contributed by atoms with Crippen molar-refractivity contribution in [3.05, 3.63) is 0 Å². The first-order valence-electron chi connectivity index (χ1n) is 5.91. The third-order valence-electron chi connectivity index (χ3n) is 3.16. The van der Waals surface area contributed by atoms with Crippen LogP contribution in [0, 0.1) is 11.3 Å². The van der Waals surface area contributed by atoms with E-state index in [1.54, 1.807) is 0 Å². The number of ether oxygens (including phenoxy) is 1. The van der Waals surface area contributed by atoms with Crippen molar-refractivity contribution in [3.63, 3.8) is 0 Å². The van der Waals surface area contributed by atoms with E-state index in [0.717, 1.165) is 12.8 Å². The normalized spacial score (nSPS) is 25.8. The van der Waals surface area contributed by atoms with E-state index in [4.69, 9.17) is 16.3 Å². The topological polar surface area (TPSA) is 38.3 Å². The van der Waals surface area contributed by atoms with Crippen LogP contribution in [0.4, 0.5) is 0 Å². The minimum Gasteiger partial charge on any atom is -0.368 e. The van der Waals surface area contributed by atoms with E-state index in [9.17, 15) is 4.79 Å². The Labute approximate surface area is 103 Å². The molecule has 1 aliphatic heterocycles. The van der Waals surface area contributed by atoms with Crippen LogP contribution in [-0.4, -0.2) is 31.0 Å². The number of carbonyl (C=O) groups excluding carboxylic acids is 1. The van der Waals surface area contributed by atoms with Gasteiger partial charge in [-0.1, -0.05) is 20.8 Å². The van der Waals surface area contributed by atoms with Gasteiger partial charge in [-0.15, -0.1) is 11.6 Å². The molecule has 1 rings (SSSR count). The standard InChI is InChI=1S/C12H22ClNO2/c1-9-4-7-16-10(9)11(15)14-8-12(2,3)5-6-13/h9-10H,4-8H2,1-3H3,(H,14,15). The van der Waals surface area contributed by atoms with Crippen LogP contribution in [0.2, 0.25) is 0 Å². The van der Waals surface area contributed by atoms with E-state index in [-0.39, 0.29) is 17.4 Å². The van der Waals surface area contributed by atoms with Gasteiger partial charge in [0, 0.05) is 19.0 Å². The summed E-state index contributed by atoms with van der Waals surface area (Å²) in [6, 6.07) is 0. The lowest BCUT2D eigenvalue weighted by atomic mass is 9.90. The van der Waals surface area contributed by atoms with Gasteiger partial charge in [0.2, 0.25) is 5.91 Å². The highest BCUT2D eigenvalue weighted by molar-refractivity contribution is 6.17. The van der Waals surface area contributed by atoms with E-state index >= 15 is 0 Å². The number of rotatable bonds is 5. The van der Waals surface area contributed by atoms with E-state index < -0.39 is 0 Å². The van der Waals surface area contributed by atoms with Crippen molar-refractivity contribution in [1.82, 2.24) is 5.32 Å². The molecule has 2 unspecified atom stereocenters. The van der Waals surface area contributed by atoms with Gasteiger partial charge in [-0.05, 0) is 24.2 Å². The third-order valence-corrected chi connectivity index (χ3v) is 3.35. The average molecular weight is 248 g/mol. The maximum absolute atomic E-state index is 11.8. The second-order valence-corrected chi connectivity index (χ2v) is 5.76. The smallest absolute Gasteiger partial charge is 0.249 e. The van der Waals surface area contributed by atoms with Gasteiger partial charge >= 0.3 is 0 Å². The number of hydrogen-bond acceptors (Lipinski definition) is 2. The largest absolute Gasteiger partial charge is 0.368 e. The highest BCUT2D eigenvalue weighted by Crippen LogP contribution is 2.22. The second-order valence-electron chi connectivity index (χ2n) is 5.38.